The highest BCUT2D eigenvalue weighted by molar-refractivity contribution is 7.99. The molecule has 0 fully saturated rings. The number of nitrogens with zero attached hydrogens (tertiary/aromatic N) is 4. The summed E-state index contributed by atoms with van der Waals surface area (Å²) in [4.78, 5) is 15.0. The Kier molecular flexibility index (Phi) is 7.35. The van der Waals surface area contributed by atoms with Gasteiger partial charge in [-0.25, -0.2) is 0 Å². The Morgan fingerprint density at radius 2 is 2.35 bits per heavy atom. The van der Waals surface area contributed by atoms with Gasteiger partial charge in [-0.2, -0.15) is 0 Å². The number of hydrogen-bond acceptors (Lipinski definition) is 6. The van der Waals surface area contributed by atoms with Gasteiger partial charge in [0, 0.05) is 32.2 Å². The normalized spacial score (nSPS) is 10.9. The Morgan fingerprint density at radius 3 is 3.04 bits per heavy atom. The number of aromatic nitrogens is 3. The van der Waals surface area contributed by atoms with Crippen molar-refractivity contribution >= 4 is 40.6 Å². The molecule has 0 N–H and O–H groups in total. The highest BCUT2D eigenvalue weighted by atomic mass is 35.5. The van der Waals surface area contributed by atoms with E-state index >= 15 is 0 Å². The van der Waals surface area contributed by atoms with Crippen LogP contribution in [0.1, 0.15) is 11.3 Å². The predicted molar refractivity (Wildman–Crippen MR) is 93.0 cm³/mol. The lowest BCUT2D eigenvalue weighted by molar-refractivity contribution is -0.127. The van der Waals surface area contributed by atoms with Gasteiger partial charge in [0.05, 0.1) is 16.6 Å². The molecule has 2 aromatic rings. The monoisotopic (exact) mass is 374 g/mol. The second-order valence-electron chi connectivity index (χ2n) is 4.90. The molecule has 2 rings (SSSR count). The number of hydrogen-bond donors (Lipinski definition) is 0. The fourth-order valence-electron chi connectivity index (χ4n) is 1.88. The summed E-state index contributed by atoms with van der Waals surface area (Å²) in [6.45, 7) is 2.03. The fraction of sp³-hybridized carbons (Fsp3) is 0.500. The molecule has 0 aliphatic heterocycles. The third-order valence-electron chi connectivity index (χ3n) is 3.10. The van der Waals surface area contributed by atoms with E-state index in [-0.39, 0.29) is 5.91 Å². The van der Waals surface area contributed by atoms with Crippen molar-refractivity contribution in [3.05, 3.63) is 27.7 Å². The molecular formula is C14H19ClN4O2S2. The first-order valence-electron chi connectivity index (χ1n) is 7.08. The number of methoxy groups -OCH3 is 1. The number of rotatable bonds is 9. The summed E-state index contributed by atoms with van der Waals surface area (Å²) < 4.78 is 7.71. The first kappa shape index (κ1) is 18.3. The maximum atomic E-state index is 12.2. The van der Waals surface area contributed by atoms with E-state index in [9.17, 15) is 4.79 Å². The van der Waals surface area contributed by atoms with Gasteiger partial charge in [0.25, 0.3) is 0 Å². The van der Waals surface area contributed by atoms with Crippen LogP contribution in [-0.4, -0.2) is 52.1 Å². The lowest BCUT2D eigenvalue weighted by atomic mass is 10.4. The lowest BCUT2D eigenvalue weighted by Gasteiger charge is -2.15. The number of halogens is 1. The number of ether oxygens (including phenoxy) is 1. The molecule has 0 unspecified atom stereocenters. The van der Waals surface area contributed by atoms with Gasteiger partial charge >= 0.3 is 0 Å². The molecule has 0 aliphatic rings. The Bertz CT molecular complexity index is 632. The number of carbonyl (C=O) groups excluding carboxylic acids is 1. The van der Waals surface area contributed by atoms with Gasteiger partial charge in [-0.05, 0) is 18.6 Å². The van der Waals surface area contributed by atoms with Crippen LogP contribution in [0.4, 0.5) is 0 Å². The van der Waals surface area contributed by atoms with E-state index in [4.69, 9.17) is 16.3 Å². The van der Waals surface area contributed by atoms with E-state index in [0.29, 0.717) is 18.9 Å². The molecule has 0 atom stereocenters. The summed E-state index contributed by atoms with van der Waals surface area (Å²) in [5.74, 6) is 0.379. The Morgan fingerprint density at radius 1 is 1.52 bits per heavy atom. The zero-order chi connectivity index (χ0) is 16.7. The van der Waals surface area contributed by atoms with Crippen LogP contribution in [0.2, 0.25) is 4.34 Å². The van der Waals surface area contributed by atoms with Gasteiger partial charge in [-0.3, -0.25) is 4.79 Å². The molecular weight excluding hydrogens is 356 g/mol. The van der Waals surface area contributed by atoms with E-state index in [1.165, 1.54) is 23.1 Å². The van der Waals surface area contributed by atoms with Crippen molar-refractivity contribution in [1.82, 2.24) is 19.7 Å². The molecule has 6 nitrogen and oxygen atoms in total. The molecule has 0 aliphatic carbocycles. The number of carbonyl (C=O) groups is 1. The number of thioether (sulfide) groups is 1. The van der Waals surface area contributed by atoms with E-state index < -0.39 is 0 Å². The van der Waals surface area contributed by atoms with Crippen LogP contribution in [0.5, 0.6) is 0 Å². The van der Waals surface area contributed by atoms with Crippen molar-refractivity contribution in [2.24, 2.45) is 0 Å². The minimum absolute atomic E-state index is 0.0472. The smallest absolute Gasteiger partial charge is 0.233 e. The average molecular weight is 375 g/mol. The first-order valence-corrected chi connectivity index (χ1v) is 9.26. The molecule has 2 heterocycles. The summed E-state index contributed by atoms with van der Waals surface area (Å²) >= 11 is 8.79. The minimum Gasteiger partial charge on any atom is -0.385 e. The van der Waals surface area contributed by atoms with Crippen molar-refractivity contribution < 1.29 is 9.53 Å². The van der Waals surface area contributed by atoms with Crippen molar-refractivity contribution in [3.8, 4) is 0 Å². The van der Waals surface area contributed by atoms with Gasteiger partial charge in [0.15, 0.2) is 5.16 Å². The first-order chi connectivity index (χ1) is 11.1. The van der Waals surface area contributed by atoms with Crippen LogP contribution >= 0.6 is 34.7 Å². The summed E-state index contributed by atoms with van der Waals surface area (Å²) in [5, 5.41) is 8.72. The molecule has 9 heteroatoms. The molecule has 126 valence electrons. The van der Waals surface area contributed by atoms with E-state index in [0.717, 1.165) is 27.3 Å². The molecule has 2 aromatic heterocycles. The zero-order valence-corrected chi connectivity index (χ0v) is 15.5. The van der Waals surface area contributed by atoms with Crippen LogP contribution in [0, 0.1) is 0 Å². The maximum Gasteiger partial charge on any atom is 0.233 e. The number of aryl methyl sites for hydroxylation is 1. The van der Waals surface area contributed by atoms with Crippen LogP contribution in [0.3, 0.4) is 0 Å². The molecule has 0 radical (unpaired) electrons. The van der Waals surface area contributed by atoms with Gasteiger partial charge in [-0.15, -0.1) is 21.5 Å². The van der Waals surface area contributed by atoms with Gasteiger partial charge in [0.1, 0.15) is 6.33 Å². The highest BCUT2D eigenvalue weighted by Gasteiger charge is 2.13. The van der Waals surface area contributed by atoms with E-state index in [1.807, 2.05) is 16.7 Å². The van der Waals surface area contributed by atoms with E-state index in [1.54, 1.807) is 25.4 Å². The molecule has 0 bridgehead atoms. The molecule has 0 saturated heterocycles. The molecule has 0 aromatic carbocycles. The van der Waals surface area contributed by atoms with Crippen molar-refractivity contribution in [3.63, 3.8) is 0 Å². The Labute approximate surface area is 148 Å². The third kappa shape index (κ3) is 5.80. The standard InChI is InChI=1S/C14H19ClN4O2S2/c1-18(8-11-4-5-12(15)23-11)13(20)9-22-14-17-16-10-19(14)6-3-7-21-2/h4-5,10H,3,6-9H2,1-2H3. The minimum atomic E-state index is 0.0472. The fourth-order valence-corrected chi connectivity index (χ4v) is 3.91. The van der Waals surface area contributed by atoms with Gasteiger partial charge in [0.2, 0.25) is 5.91 Å². The van der Waals surface area contributed by atoms with Gasteiger partial charge < -0.3 is 14.2 Å². The van der Waals surface area contributed by atoms with Crippen LogP contribution in [-0.2, 0) is 22.6 Å². The predicted octanol–water partition coefficient (Wildman–Crippen LogP) is 2.78. The third-order valence-corrected chi connectivity index (χ3v) is 5.28. The SMILES string of the molecule is COCCCn1cnnc1SCC(=O)N(C)Cc1ccc(Cl)s1. The molecule has 1 amide bonds. The van der Waals surface area contributed by atoms with Crippen LogP contribution in [0.15, 0.2) is 23.6 Å². The molecule has 0 spiro atoms. The lowest BCUT2D eigenvalue weighted by Crippen LogP contribution is -2.27. The summed E-state index contributed by atoms with van der Waals surface area (Å²) in [6, 6.07) is 3.79. The molecule has 0 saturated carbocycles. The quantitative estimate of drug-likeness (QED) is 0.499. The summed E-state index contributed by atoms with van der Waals surface area (Å²) in [6.07, 6.45) is 2.56. The van der Waals surface area contributed by atoms with Crippen molar-refractivity contribution in [1.29, 1.82) is 0 Å². The molecule has 23 heavy (non-hydrogen) atoms. The topological polar surface area (TPSA) is 60.2 Å². The second kappa shape index (κ2) is 9.27. The largest absolute Gasteiger partial charge is 0.385 e. The van der Waals surface area contributed by atoms with Crippen molar-refractivity contribution in [2.75, 3.05) is 26.5 Å². The second-order valence-corrected chi connectivity index (χ2v) is 7.64. The van der Waals surface area contributed by atoms with Crippen LogP contribution in [0.25, 0.3) is 0 Å². The Balaban J connectivity index is 1.80. The summed E-state index contributed by atoms with van der Waals surface area (Å²) in [7, 11) is 3.47. The Hall–Kier alpha value is -1.09. The number of thiophene rings is 1. The summed E-state index contributed by atoms with van der Waals surface area (Å²) in [5.41, 5.74) is 0. The average Bonchev–Trinajstić information content (AvgIpc) is 3.14. The van der Waals surface area contributed by atoms with Crippen LogP contribution < -0.4 is 0 Å². The maximum absolute atomic E-state index is 12.2. The van der Waals surface area contributed by atoms with Gasteiger partial charge in [-0.1, -0.05) is 23.4 Å². The zero-order valence-electron chi connectivity index (χ0n) is 13.1. The van der Waals surface area contributed by atoms with E-state index in [2.05, 4.69) is 10.2 Å². The van der Waals surface area contributed by atoms with Crippen molar-refractivity contribution in [2.45, 2.75) is 24.7 Å². The number of amides is 1. The highest BCUT2D eigenvalue weighted by Crippen LogP contribution is 2.23.